The standard InChI is InChI=1S/C4H8N2O/c1-4(7)6-3-5-2/h2-3H2,1H3,(H,6,7). The summed E-state index contributed by atoms with van der Waals surface area (Å²) in [5, 5.41) is 2.43. The Labute approximate surface area is 42.4 Å². The van der Waals surface area contributed by atoms with Crippen LogP contribution >= 0.6 is 0 Å². The molecule has 0 radical (unpaired) electrons. The molecule has 0 aliphatic carbocycles. The molecule has 0 aromatic heterocycles. The van der Waals surface area contributed by atoms with E-state index >= 15 is 0 Å². The predicted octanol–water partition coefficient (Wildman–Crippen LogP) is -0.219. The first kappa shape index (κ1) is 6.14. The van der Waals surface area contributed by atoms with Crippen LogP contribution in [0.25, 0.3) is 0 Å². The maximum atomic E-state index is 10.0. The second kappa shape index (κ2) is 3.33. The van der Waals surface area contributed by atoms with Crippen LogP contribution in [0.4, 0.5) is 0 Å². The molecule has 0 fully saturated rings. The van der Waals surface area contributed by atoms with Crippen LogP contribution in [0, 0.1) is 0 Å². The molecule has 0 aliphatic rings. The van der Waals surface area contributed by atoms with E-state index in [1.54, 1.807) is 0 Å². The number of carbonyl (C=O) groups excluding carboxylic acids is 1. The third-order valence-corrected chi connectivity index (χ3v) is 0.440. The molecule has 1 amide bonds. The van der Waals surface area contributed by atoms with Gasteiger partial charge in [-0.05, 0) is 6.72 Å². The first-order valence-electron chi connectivity index (χ1n) is 1.94. The molecule has 0 aromatic rings. The molecule has 0 atom stereocenters. The number of rotatable bonds is 2. The van der Waals surface area contributed by atoms with Crippen LogP contribution in [0.1, 0.15) is 6.92 Å². The number of hydrogen-bond acceptors (Lipinski definition) is 2. The Hall–Kier alpha value is -0.860. The summed E-state index contributed by atoms with van der Waals surface area (Å²) in [6.45, 7) is 4.92. The van der Waals surface area contributed by atoms with Gasteiger partial charge in [-0.15, -0.1) is 0 Å². The van der Waals surface area contributed by atoms with Crippen molar-refractivity contribution in [3.63, 3.8) is 0 Å². The van der Waals surface area contributed by atoms with Gasteiger partial charge in [0.25, 0.3) is 0 Å². The minimum Gasteiger partial charge on any atom is -0.337 e. The van der Waals surface area contributed by atoms with Crippen molar-refractivity contribution >= 4 is 12.6 Å². The molecular formula is C4H8N2O. The van der Waals surface area contributed by atoms with Gasteiger partial charge >= 0.3 is 0 Å². The molecule has 1 N–H and O–H groups in total. The van der Waals surface area contributed by atoms with E-state index in [1.165, 1.54) is 6.92 Å². The van der Waals surface area contributed by atoms with E-state index in [4.69, 9.17) is 0 Å². The first-order chi connectivity index (χ1) is 3.27. The molecule has 0 spiro atoms. The van der Waals surface area contributed by atoms with Crippen LogP contribution in [0.2, 0.25) is 0 Å². The van der Waals surface area contributed by atoms with E-state index in [0.29, 0.717) is 6.67 Å². The Kier molecular flexibility index (Phi) is 2.92. The lowest BCUT2D eigenvalue weighted by Gasteiger charge is -1.90. The number of nitrogens with one attached hydrogen (secondary N) is 1. The lowest BCUT2D eigenvalue weighted by atomic mass is 10.7. The zero-order valence-corrected chi connectivity index (χ0v) is 4.27. The number of nitrogens with zero attached hydrogens (tertiary/aromatic N) is 1. The monoisotopic (exact) mass is 100 g/mol. The van der Waals surface area contributed by atoms with Crippen molar-refractivity contribution in [2.45, 2.75) is 6.92 Å². The number of carbonyl (C=O) groups is 1. The molecule has 0 unspecified atom stereocenters. The highest BCUT2D eigenvalue weighted by Gasteiger charge is 1.81. The second-order valence-electron chi connectivity index (χ2n) is 1.11. The maximum Gasteiger partial charge on any atom is 0.218 e. The summed E-state index contributed by atoms with van der Waals surface area (Å²) in [5.41, 5.74) is 0. The van der Waals surface area contributed by atoms with Gasteiger partial charge in [-0.3, -0.25) is 9.79 Å². The van der Waals surface area contributed by atoms with E-state index in [0.717, 1.165) is 0 Å². The average molecular weight is 100 g/mol. The fourth-order valence-electron chi connectivity index (χ4n) is 0.167. The fourth-order valence-corrected chi connectivity index (χ4v) is 0.167. The molecule has 40 valence electrons. The van der Waals surface area contributed by atoms with Crippen molar-refractivity contribution in [1.29, 1.82) is 0 Å². The quantitative estimate of drug-likeness (QED) is 0.479. The van der Waals surface area contributed by atoms with Gasteiger partial charge in [-0.25, -0.2) is 0 Å². The summed E-state index contributed by atoms with van der Waals surface area (Å²) >= 11 is 0. The van der Waals surface area contributed by atoms with Gasteiger partial charge in [0.15, 0.2) is 0 Å². The average Bonchev–Trinajstić information content (AvgIpc) is 1.61. The SMILES string of the molecule is C=NCNC(C)=O. The first-order valence-corrected chi connectivity index (χ1v) is 1.94. The van der Waals surface area contributed by atoms with Crippen molar-refractivity contribution in [3.05, 3.63) is 0 Å². The third kappa shape index (κ3) is 5.14. The summed E-state index contributed by atoms with van der Waals surface area (Å²) in [4.78, 5) is 13.4. The molecule has 7 heavy (non-hydrogen) atoms. The Balaban J connectivity index is 2.97. The minimum atomic E-state index is -0.0765. The van der Waals surface area contributed by atoms with E-state index in [1.807, 2.05) is 0 Å². The molecule has 0 saturated heterocycles. The van der Waals surface area contributed by atoms with Gasteiger partial charge in [0.05, 0.1) is 0 Å². The Morgan fingerprint density at radius 1 is 2.00 bits per heavy atom. The number of amides is 1. The van der Waals surface area contributed by atoms with Crippen LogP contribution in [0.3, 0.4) is 0 Å². The Morgan fingerprint density at radius 2 is 2.57 bits per heavy atom. The van der Waals surface area contributed by atoms with Crippen LogP contribution in [0.15, 0.2) is 4.99 Å². The van der Waals surface area contributed by atoms with Crippen molar-refractivity contribution in [2.75, 3.05) is 6.67 Å². The summed E-state index contributed by atoms with van der Waals surface area (Å²) in [5.74, 6) is -0.0765. The Morgan fingerprint density at radius 3 is 2.71 bits per heavy atom. The Bertz CT molecular complexity index is 79.8. The third-order valence-electron chi connectivity index (χ3n) is 0.440. The van der Waals surface area contributed by atoms with Crippen LogP contribution < -0.4 is 5.32 Å². The van der Waals surface area contributed by atoms with Crippen LogP contribution in [-0.2, 0) is 4.79 Å². The summed E-state index contributed by atoms with van der Waals surface area (Å²) in [6.07, 6.45) is 0. The van der Waals surface area contributed by atoms with Crippen LogP contribution in [-0.4, -0.2) is 19.3 Å². The highest BCUT2D eigenvalue weighted by molar-refractivity contribution is 5.72. The van der Waals surface area contributed by atoms with Gasteiger partial charge in [-0.1, -0.05) is 0 Å². The molecular weight excluding hydrogens is 92.1 g/mol. The zero-order valence-electron chi connectivity index (χ0n) is 4.27. The van der Waals surface area contributed by atoms with Gasteiger partial charge < -0.3 is 5.32 Å². The molecule has 0 bridgehead atoms. The maximum absolute atomic E-state index is 10.0. The number of aliphatic imine (C=N–C) groups is 1. The number of hydrogen-bond donors (Lipinski definition) is 1. The second-order valence-corrected chi connectivity index (χ2v) is 1.11. The van der Waals surface area contributed by atoms with Gasteiger partial charge in [0.2, 0.25) is 5.91 Å². The summed E-state index contributed by atoms with van der Waals surface area (Å²) in [7, 11) is 0. The molecule has 3 nitrogen and oxygen atoms in total. The van der Waals surface area contributed by atoms with Crippen molar-refractivity contribution < 1.29 is 4.79 Å². The van der Waals surface area contributed by atoms with Gasteiger partial charge in [0.1, 0.15) is 6.67 Å². The topological polar surface area (TPSA) is 41.5 Å². The summed E-state index contributed by atoms with van der Waals surface area (Å²) in [6, 6.07) is 0. The van der Waals surface area contributed by atoms with Crippen molar-refractivity contribution in [2.24, 2.45) is 4.99 Å². The largest absolute Gasteiger partial charge is 0.337 e. The lowest BCUT2D eigenvalue weighted by Crippen LogP contribution is -2.18. The minimum absolute atomic E-state index is 0.0765. The summed E-state index contributed by atoms with van der Waals surface area (Å²) < 4.78 is 0. The van der Waals surface area contributed by atoms with E-state index in [2.05, 4.69) is 17.0 Å². The molecule has 3 heteroatoms. The zero-order chi connectivity index (χ0) is 5.70. The van der Waals surface area contributed by atoms with Gasteiger partial charge in [0, 0.05) is 6.92 Å². The van der Waals surface area contributed by atoms with E-state index in [9.17, 15) is 4.79 Å². The molecule has 0 heterocycles. The van der Waals surface area contributed by atoms with Crippen molar-refractivity contribution in [1.82, 2.24) is 5.32 Å². The van der Waals surface area contributed by atoms with E-state index in [-0.39, 0.29) is 5.91 Å². The molecule has 0 saturated carbocycles. The smallest absolute Gasteiger partial charge is 0.218 e. The van der Waals surface area contributed by atoms with Crippen LogP contribution in [0.5, 0.6) is 0 Å². The molecule has 0 aliphatic heterocycles. The highest BCUT2D eigenvalue weighted by Crippen LogP contribution is 1.58. The van der Waals surface area contributed by atoms with E-state index < -0.39 is 0 Å². The molecule has 0 aromatic carbocycles. The predicted molar refractivity (Wildman–Crippen MR) is 28.2 cm³/mol. The highest BCUT2D eigenvalue weighted by atomic mass is 16.1. The normalized spacial score (nSPS) is 7.57. The van der Waals surface area contributed by atoms with Crippen molar-refractivity contribution in [3.8, 4) is 0 Å². The molecule has 0 rings (SSSR count). The van der Waals surface area contributed by atoms with Gasteiger partial charge in [-0.2, -0.15) is 0 Å². The fraction of sp³-hybridized carbons (Fsp3) is 0.500. The lowest BCUT2D eigenvalue weighted by molar-refractivity contribution is -0.118.